The maximum Gasteiger partial charge on any atom is 0.167 e. The fourth-order valence-electron chi connectivity index (χ4n) is 4.15. The second-order valence-electron chi connectivity index (χ2n) is 6.75. The number of ether oxygens (including phenoxy) is 1. The van der Waals surface area contributed by atoms with Gasteiger partial charge >= 0.3 is 0 Å². The first kappa shape index (κ1) is 14.4. The second-order valence-corrected chi connectivity index (χ2v) is 6.75. The normalized spacial score (nSPS) is 37.8. The third-order valence-corrected chi connectivity index (χ3v) is 4.96. The van der Waals surface area contributed by atoms with Gasteiger partial charge in [0.25, 0.3) is 0 Å². The van der Waals surface area contributed by atoms with Crippen LogP contribution in [0.15, 0.2) is 11.6 Å². The largest absolute Gasteiger partial charge is 0.377 e. The number of allylic oxidation sites excluding steroid dienone is 2. The third-order valence-electron chi connectivity index (χ3n) is 4.96. The molecule has 0 aromatic carbocycles. The van der Waals surface area contributed by atoms with Gasteiger partial charge in [-0.05, 0) is 50.7 Å². The lowest BCUT2D eigenvalue weighted by atomic mass is 9.50. The van der Waals surface area contributed by atoms with Crippen molar-refractivity contribution in [3.63, 3.8) is 0 Å². The molecule has 0 aromatic heterocycles. The lowest BCUT2D eigenvalue weighted by molar-refractivity contribution is -0.167. The van der Waals surface area contributed by atoms with Crippen molar-refractivity contribution in [1.29, 1.82) is 0 Å². The molecule has 19 heavy (non-hydrogen) atoms. The van der Waals surface area contributed by atoms with Crippen molar-refractivity contribution in [2.45, 2.75) is 53.6 Å². The van der Waals surface area contributed by atoms with Crippen LogP contribution in [0, 0.1) is 16.7 Å². The Bertz CT molecular complexity index is 447. The summed E-state index contributed by atoms with van der Waals surface area (Å²) in [5.74, 6) is -0.0844. The van der Waals surface area contributed by atoms with Crippen LogP contribution >= 0.6 is 0 Å². The van der Waals surface area contributed by atoms with Crippen LogP contribution < -0.4 is 0 Å². The summed E-state index contributed by atoms with van der Waals surface area (Å²) in [5, 5.41) is 0. The van der Waals surface area contributed by atoms with E-state index in [-0.39, 0.29) is 29.0 Å². The summed E-state index contributed by atoms with van der Waals surface area (Å²) in [6.45, 7) is 10.4. The molecule has 0 bridgehead atoms. The highest BCUT2D eigenvalue weighted by atomic mass is 16.5. The molecule has 3 nitrogen and oxygen atoms in total. The smallest absolute Gasteiger partial charge is 0.167 e. The molecular weight excluding hydrogens is 240 g/mol. The van der Waals surface area contributed by atoms with Gasteiger partial charge in [-0.2, -0.15) is 0 Å². The average Bonchev–Trinajstić information content (AvgIpc) is 2.30. The number of Topliss-reactive ketones (excluding diaryl/α,β-unsaturated/α-hetero) is 1. The maximum absolute atomic E-state index is 12.7. The fraction of sp³-hybridized carbons (Fsp3) is 0.750. The van der Waals surface area contributed by atoms with E-state index in [0.29, 0.717) is 12.2 Å². The zero-order valence-corrected chi connectivity index (χ0v) is 12.6. The van der Waals surface area contributed by atoms with Crippen LogP contribution in [0.1, 0.15) is 47.5 Å². The van der Waals surface area contributed by atoms with E-state index in [0.717, 1.165) is 12.8 Å². The van der Waals surface area contributed by atoms with E-state index >= 15 is 0 Å². The van der Waals surface area contributed by atoms with E-state index in [4.69, 9.17) is 4.74 Å². The van der Waals surface area contributed by atoms with Gasteiger partial charge in [0.1, 0.15) is 0 Å². The Morgan fingerprint density at radius 1 is 1.32 bits per heavy atom. The van der Waals surface area contributed by atoms with Crippen molar-refractivity contribution in [3.05, 3.63) is 11.6 Å². The Hall–Kier alpha value is -0.960. The zero-order chi connectivity index (χ0) is 14.4. The highest BCUT2D eigenvalue weighted by Crippen LogP contribution is 2.55. The van der Waals surface area contributed by atoms with E-state index < -0.39 is 5.41 Å². The van der Waals surface area contributed by atoms with Crippen LogP contribution in [0.4, 0.5) is 0 Å². The Morgan fingerprint density at radius 3 is 2.53 bits per heavy atom. The number of hydrogen-bond acceptors (Lipinski definition) is 3. The van der Waals surface area contributed by atoms with Gasteiger partial charge in [0.2, 0.25) is 0 Å². The first-order chi connectivity index (χ1) is 8.75. The first-order valence-corrected chi connectivity index (χ1v) is 7.13. The monoisotopic (exact) mass is 264 g/mol. The highest BCUT2D eigenvalue weighted by Gasteiger charge is 2.60. The molecular formula is C16H24O3. The molecule has 106 valence electrons. The average molecular weight is 264 g/mol. The number of carbonyl (C=O) groups is 2. The number of hydrogen-bond donors (Lipinski definition) is 0. The highest BCUT2D eigenvalue weighted by molar-refractivity contribution is 6.13. The summed E-state index contributed by atoms with van der Waals surface area (Å²) in [5.41, 5.74) is -0.272. The van der Waals surface area contributed by atoms with E-state index in [1.807, 2.05) is 13.8 Å². The topological polar surface area (TPSA) is 43.4 Å². The quantitative estimate of drug-likeness (QED) is 0.770. The van der Waals surface area contributed by atoms with Crippen molar-refractivity contribution in [1.82, 2.24) is 0 Å². The molecule has 0 aliphatic heterocycles. The summed E-state index contributed by atoms with van der Waals surface area (Å²) in [7, 11) is 0. The molecule has 0 aromatic rings. The van der Waals surface area contributed by atoms with Gasteiger partial charge in [0.05, 0.1) is 11.5 Å². The minimum absolute atomic E-state index is 0.0864. The molecule has 0 N–H and O–H groups in total. The SMILES string of the molecule is CCO[C@H]1CCC(C)(C)[C@H]2C(=O)C=C(C)C(=O)[C@@]12C. The Balaban J connectivity index is 2.55. The molecule has 0 saturated heterocycles. The minimum atomic E-state index is -0.701. The standard InChI is InChI=1S/C16H24O3/c1-6-19-12-7-8-15(3,4)13-11(17)9-10(2)14(18)16(12,13)5/h9,12-13H,6-8H2,1-5H3/t12-,13+,16-/m0/s1. The molecule has 2 aliphatic carbocycles. The molecule has 1 fully saturated rings. The lowest BCUT2D eigenvalue weighted by Gasteiger charge is -2.54. The summed E-state index contributed by atoms with van der Waals surface area (Å²) >= 11 is 0. The van der Waals surface area contributed by atoms with Crippen LogP contribution in [0.3, 0.4) is 0 Å². The molecule has 1 saturated carbocycles. The maximum atomic E-state index is 12.7. The summed E-state index contributed by atoms with van der Waals surface area (Å²) < 4.78 is 5.82. The fourth-order valence-corrected chi connectivity index (χ4v) is 4.15. The van der Waals surface area contributed by atoms with Crippen molar-refractivity contribution < 1.29 is 14.3 Å². The van der Waals surface area contributed by atoms with E-state index in [2.05, 4.69) is 13.8 Å². The summed E-state index contributed by atoms with van der Waals surface area (Å²) in [4.78, 5) is 25.2. The molecule has 0 unspecified atom stereocenters. The van der Waals surface area contributed by atoms with Crippen molar-refractivity contribution in [2.75, 3.05) is 6.61 Å². The summed E-state index contributed by atoms with van der Waals surface area (Å²) in [6, 6.07) is 0. The van der Waals surface area contributed by atoms with Gasteiger partial charge < -0.3 is 4.74 Å². The van der Waals surface area contributed by atoms with Crippen molar-refractivity contribution >= 4 is 11.6 Å². The van der Waals surface area contributed by atoms with Gasteiger partial charge in [-0.3, -0.25) is 9.59 Å². The zero-order valence-electron chi connectivity index (χ0n) is 12.6. The van der Waals surface area contributed by atoms with E-state index in [9.17, 15) is 9.59 Å². The summed E-state index contributed by atoms with van der Waals surface area (Å²) in [6.07, 6.45) is 3.16. The van der Waals surface area contributed by atoms with Crippen LogP contribution in [-0.2, 0) is 14.3 Å². The van der Waals surface area contributed by atoms with Gasteiger partial charge in [-0.15, -0.1) is 0 Å². The molecule has 3 atom stereocenters. The van der Waals surface area contributed by atoms with Crippen LogP contribution in [0.5, 0.6) is 0 Å². The first-order valence-electron chi connectivity index (χ1n) is 7.13. The van der Waals surface area contributed by atoms with Gasteiger partial charge in [-0.1, -0.05) is 13.8 Å². The van der Waals surface area contributed by atoms with Crippen LogP contribution in [-0.4, -0.2) is 24.3 Å². The lowest BCUT2D eigenvalue weighted by Crippen LogP contribution is -2.60. The second kappa shape index (κ2) is 4.55. The van der Waals surface area contributed by atoms with Gasteiger partial charge in [0.15, 0.2) is 11.6 Å². The Morgan fingerprint density at radius 2 is 1.95 bits per heavy atom. The number of carbonyl (C=O) groups excluding carboxylic acids is 2. The van der Waals surface area contributed by atoms with Gasteiger partial charge in [-0.25, -0.2) is 0 Å². The minimum Gasteiger partial charge on any atom is -0.377 e. The van der Waals surface area contributed by atoms with Crippen LogP contribution in [0.2, 0.25) is 0 Å². The van der Waals surface area contributed by atoms with Crippen molar-refractivity contribution in [2.24, 2.45) is 16.7 Å². The molecule has 0 heterocycles. The molecule has 0 radical (unpaired) electrons. The molecule has 0 spiro atoms. The Kier molecular flexibility index (Phi) is 3.46. The van der Waals surface area contributed by atoms with Crippen molar-refractivity contribution in [3.8, 4) is 0 Å². The predicted octanol–water partition coefficient (Wildman–Crippen LogP) is 2.93. The molecule has 2 aliphatic rings. The Labute approximate surface area is 115 Å². The van der Waals surface area contributed by atoms with E-state index in [1.54, 1.807) is 6.92 Å². The molecule has 2 rings (SSSR count). The number of ketones is 2. The molecule has 3 heteroatoms. The molecule has 0 amide bonds. The van der Waals surface area contributed by atoms with Gasteiger partial charge in [0, 0.05) is 12.5 Å². The number of rotatable bonds is 2. The van der Waals surface area contributed by atoms with Crippen LogP contribution in [0.25, 0.3) is 0 Å². The number of fused-ring (bicyclic) bond motifs is 1. The third kappa shape index (κ3) is 1.99. The predicted molar refractivity (Wildman–Crippen MR) is 73.8 cm³/mol. The van der Waals surface area contributed by atoms with E-state index in [1.165, 1.54) is 6.08 Å².